The third kappa shape index (κ3) is 10.6. The number of alkyl halides is 1. The first-order chi connectivity index (χ1) is 26.9. The second kappa shape index (κ2) is 20.6. The average molecular weight is 770 g/mol. The predicted molar refractivity (Wildman–Crippen MR) is 220 cm³/mol. The number of halogens is 1. The average Bonchev–Trinajstić information content (AvgIpc) is 3.65. The predicted octanol–water partition coefficient (Wildman–Crippen LogP) is 6.47. The second-order valence-corrected chi connectivity index (χ2v) is 13.7. The summed E-state index contributed by atoms with van der Waals surface area (Å²) in [5, 5.41) is 4.82. The van der Waals surface area contributed by atoms with Gasteiger partial charge in [0, 0.05) is 67.9 Å². The molecule has 2 heterocycles. The van der Waals surface area contributed by atoms with Crippen LogP contribution in [0.2, 0.25) is 0 Å². The molecule has 292 valence electrons. The number of rotatable bonds is 17. The Kier molecular flexibility index (Phi) is 15.5. The van der Waals surface area contributed by atoms with Crippen LogP contribution < -0.4 is 24.4 Å². The Morgan fingerprint density at radius 3 is 2.51 bits per heavy atom. The number of likely N-dealkylation sites (tertiary alicyclic amines) is 1. The van der Waals surface area contributed by atoms with Crippen molar-refractivity contribution in [2.24, 2.45) is 4.99 Å². The minimum atomic E-state index is 0.0164. The number of methoxy groups -OCH3 is 1. The Morgan fingerprint density at radius 1 is 0.945 bits per heavy atom. The Morgan fingerprint density at radius 2 is 1.75 bits per heavy atom. The van der Waals surface area contributed by atoms with Crippen LogP contribution in [0.3, 0.4) is 0 Å². The number of benzene rings is 4. The summed E-state index contributed by atoms with van der Waals surface area (Å²) in [6.45, 7) is 4.35. The number of amides is 2. The Balaban J connectivity index is 0.00000285. The van der Waals surface area contributed by atoms with Crippen molar-refractivity contribution < 1.29 is 28.6 Å². The quantitative estimate of drug-likeness (QED) is 0.0563. The van der Waals surface area contributed by atoms with Crippen LogP contribution in [-0.2, 0) is 29.0 Å². The molecule has 1 unspecified atom stereocenters. The van der Waals surface area contributed by atoms with Gasteiger partial charge in [-0.1, -0.05) is 55.0 Å². The van der Waals surface area contributed by atoms with Gasteiger partial charge in [0.25, 0.3) is 0 Å². The van der Waals surface area contributed by atoms with Crippen LogP contribution in [0.4, 0.5) is 11.4 Å². The molecule has 4 aromatic carbocycles. The van der Waals surface area contributed by atoms with E-state index >= 15 is 0 Å². The number of aldehydes is 1. The smallest absolute Gasteiger partial charge is 0.231 e. The Labute approximate surface area is 329 Å². The first-order valence-electron chi connectivity index (χ1n) is 18.7. The van der Waals surface area contributed by atoms with Gasteiger partial charge in [0.05, 0.1) is 24.9 Å². The first-order valence-corrected chi connectivity index (χ1v) is 19.5. The van der Waals surface area contributed by atoms with Gasteiger partial charge in [-0.2, -0.15) is 0 Å². The van der Waals surface area contributed by atoms with E-state index in [1.54, 1.807) is 19.2 Å². The highest BCUT2D eigenvalue weighted by Gasteiger charge is 2.28. The van der Waals surface area contributed by atoms with Gasteiger partial charge in [-0.3, -0.25) is 24.3 Å². The lowest BCUT2D eigenvalue weighted by Gasteiger charge is -2.29. The van der Waals surface area contributed by atoms with Gasteiger partial charge in [-0.25, -0.2) is 0 Å². The van der Waals surface area contributed by atoms with Gasteiger partial charge in [0.2, 0.25) is 12.3 Å². The summed E-state index contributed by atoms with van der Waals surface area (Å²) in [5.74, 6) is 1.71. The fourth-order valence-electron chi connectivity index (χ4n) is 7.11. The number of nitrogens with zero attached hydrogens (tertiary/aromatic N) is 4. The van der Waals surface area contributed by atoms with Crippen LogP contribution in [0, 0.1) is 0 Å². The summed E-state index contributed by atoms with van der Waals surface area (Å²) >= 11 is 4.64. The van der Waals surface area contributed by atoms with E-state index in [2.05, 4.69) is 45.9 Å². The number of hydrogen-bond acceptors (Lipinski definition) is 9. The Bertz CT molecular complexity index is 1950. The molecular formula is C43H52ClN5O6. The van der Waals surface area contributed by atoms with Gasteiger partial charge in [-0.15, -0.1) is 11.6 Å². The third-order valence-corrected chi connectivity index (χ3v) is 10.1. The van der Waals surface area contributed by atoms with E-state index in [4.69, 9.17) is 19.2 Å². The largest absolute Gasteiger partial charge is 0.493 e. The molecule has 0 radical (unpaired) electrons. The van der Waals surface area contributed by atoms with Gasteiger partial charge in [0.1, 0.15) is 19.0 Å². The summed E-state index contributed by atoms with van der Waals surface area (Å²) in [6, 6.07) is 21.7. The summed E-state index contributed by atoms with van der Waals surface area (Å²) in [4.78, 5) is 47.3. The van der Waals surface area contributed by atoms with Crippen molar-refractivity contribution in [3.8, 4) is 17.2 Å². The molecule has 1 fully saturated rings. The van der Waals surface area contributed by atoms with Crippen molar-refractivity contribution in [3.63, 3.8) is 0 Å². The van der Waals surface area contributed by atoms with Crippen LogP contribution >= 0.6 is 11.6 Å². The molecule has 2 aliphatic rings. The number of carbonyl (C=O) groups excluding carboxylic acids is 3. The van der Waals surface area contributed by atoms with E-state index in [9.17, 15) is 14.4 Å². The highest BCUT2D eigenvalue weighted by Crippen LogP contribution is 2.40. The van der Waals surface area contributed by atoms with Gasteiger partial charge in [0.15, 0.2) is 17.8 Å². The number of likely N-dealkylation sites (N-methyl/N-ethyl adjacent to an activating group) is 1. The van der Waals surface area contributed by atoms with E-state index in [1.165, 1.54) is 12.8 Å². The second-order valence-electron chi connectivity index (χ2n) is 13.7. The Hall–Kier alpha value is -4.97. The first kappa shape index (κ1) is 41.2. The zero-order chi connectivity index (χ0) is 39.2. The van der Waals surface area contributed by atoms with Crippen molar-refractivity contribution in [1.29, 1.82) is 0 Å². The molecule has 0 spiro atoms. The lowest BCUT2D eigenvalue weighted by Crippen LogP contribution is -2.37. The maximum absolute atomic E-state index is 13.9. The summed E-state index contributed by atoms with van der Waals surface area (Å²) < 4.78 is 18.1. The number of carbonyl (C=O) groups is 3. The molecule has 2 amide bonds. The van der Waals surface area contributed by atoms with Crippen LogP contribution in [0.25, 0.3) is 10.8 Å². The summed E-state index contributed by atoms with van der Waals surface area (Å²) in [5.41, 5.74) is 4.82. The normalized spacial score (nSPS) is 15.4. The van der Waals surface area contributed by atoms with Crippen LogP contribution in [0.5, 0.6) is 17.2 Å². The fraction of sp³-hybridized carbons (Fsp3) is 0.395. The fourth-order valence-corrected chi connectivity index (χ4v) is 7.11. The topological polar surface area (TPSA) is 113 Å². The van der Waals surface area contributed by atoms with Crippen molar-refractivity contribution in [2.45, 2.75) is 44.8 Å². The van der Waals surface area contributed by atoms with E-state index in [0.717, 1.165) is 77.5 Å². The highest BCUT2D eigenvalue weighted by molar-refractivity contribution is 6.15. The minimum Gasteiger partial charge on any atom is -0.493 e. The molecule has 11 nitrogen and oxygen atoms in total. The molecule has 0 bridgehead atoms. The number of anilines is 1. The van der Waals surface area contributed by atoms with Crippen LogP contribution in [0.1, 0.15) is 46.3 Å². The SMILES string of the molecule is CCl.COc1cc(C=O)c(N=CC2CCCCN2C)cc1OCc1cccc(CC(=O)N2CCc3c2cc(OCCN(C)CCNC=O)c2ccccc32)c1. The molecule has 2 aliphatic heterocycles. The molecule has 6 rings (SSSR count). The monoisotopic (exact) mass is 769 g/mol. The highest BCUT2D eigenvalue weighted by atomic mass is 35.5. The zero-order valence-electron chi connectivity index (χ0n) is 32.3. The number of nitrogens with one attached hydrogen (secondary N) is 1. The van der Waals surface area contributed by atoms with Crippen LogP contribution in [0.15, 0.2) is 71.7 Å². The van der Waals surface area contributed by atoms with Crippen molar-refractivity contribution in [3.05, 3.63) is 89.0 Å². The molecule has 1 saturated heterocycles. The maximum Gasteiger partial charge on any atom is 0.231 e. The van der Waals surface area contributed by atoms with E-state index < -0.39 is 0 Å². The standard InChI is InChI=1S/C42H49N5O6.CH3Cl/c1-45(18-15-43-29-49)19-20-52-39-25-38-35(34-12-4-5-13-36(34)39)14-17-47(38)42(50)22-30-9-8-10-31(21-30)28-53-41-24-37(32(27-48)23-40(41)51-3)44-26-33-11-6-7-16-46(33)2;1-2/h4-5,8-10,12-13,21,23-27,29,33H,6-7,11,14-20,22,28H2,1-3H3,(H,43,49);1H3. The van der Waals surface area contributed by atoms with Crippen molar-refractivity contribution in [2.75, 3.05) is 71.8 Å². The lowest BCUT2D eigenvalue weighted by molar-refractivity contribution is -0.118. The van der Waals surface area contributed by atoms with E-state index in [-0.39, 0.29) is 25.0 Å². The molecule has 0 saturated carbocycles. The van der Waals surface area contributed by atoms with Gasteiger partial charge >= 0.3 is 0 Å². The van der Waals surface area contributed by atoms with Gasteiger partial charge < -0.3 is 29.3 Å². The van der Waals surface area contributed by atoms with Crippen molar-refractivity contribution in [1.82, 2.24) is 15.1 Å². The number of fused-ring (bicyclic) bond motifs is 3. The number of ether oxygens (including phenoxy) is 3. The molecule has 55 heavy (non-hydrogen) atoms. The number of hydrogen-bond donors (Lipinski definition) is 1. The summed E-state index contributed by atoms with van der Waals surface area (Å²) in [6.07, 6.45) is 9.27. The minimum absolute atomic E-state index is 0.0164. The van der Waals surface area contributed by atoms with Crippen LogP contribution in [-0.4, -0.2) is 108 Å². The molecular weight excluding hydrogens is 718 g/mol. The molecule has 1 N–H and O–H groups in total. The summed E-state index contributed by atoms with van der Waals surface area (Å²) in [7, 11) is 5.64. The van der Waals surface area contributed by atoms with E-state index in [0.29, 0.717) is 55.4 Å². The third-order valence-electron chi connectivity index (χ3n) is 10.1. The lowest BCUT2D eigenvalue weighted by atomic mass is 10.0. The maximum atomic E-state index is 13.9. The molecule has 0 aliphatic carbocycles. The number of aliphatic imine (C=N–C) groups is 1. The molecule has 0 aromatic heterocycles. The zero-order valence-corrected chi connectivity index (χ0v) is 33.0. The molecule has 1 atom stereocenters. The van der Waals surface area contributed by atoms with E-state index in [1.807, 2.05) is 60.6 Å². The molecule has 12 heteroatoms. The van der Waals surface area contributed by atoms with Gasteiger partial charge in [-0.05, 0) is 68.0 Å². The van der Waals surface area contributed by atoms with Crippen molar-refractivity contribution >= 4 is 58.6 Å². The molecule has 4 aromatic rings. The number of piperidine rings is 1.